The summed E-state index contributed by atoms with van der Waals surface area (Å²) in [5.74, 6) is 2.12. The Morgan fingerprint density at radius 3 is 2.61 bits per heavy atom. The summed E-state index contributed by atoms with van der Waals surface area (Å²) in [5, 5.41) is 3.00. The van der Waals surface area contributed by atoms with E-state index < -0.39 is 0 Å². The van der Waals surface area contributed by atoms with Crippen LogP contribution in [0.25, 0.3) is 0 Å². The van der Waals surface area contributed by atoms with Crippen molar-refractivity contribution in [3.8, 4) is 5.75 Å². The van der Waals surface area contributed by atoms with Gasteiger partial charge in [0.2, 0.25) is 5.91 Å². The van der Waals surface area contributed by atoms with Crippen molar-refractivity contribution in [1.29, 1.82) is 0 Å². The zero-order chi connectivity index (χ0) is 13.1. The molecule has 3 nitrogen and oxygen atoms in total. The number of hydrogen-bond donors (Lipinski definition) is 1. The molecule has 0 radical (unpaired) electrons. The second kappa shape index (κ2) is 5.42. The van der Waals surface area contributed by atoms with Crippen molar-refractivity contribution in [2.75, 3.05) is 13.7 Å². The van der Waals surface area contributed by atoms with Crippen LogP contribution >= 0.6 is 0 Å². The molecule has 0 aliphatic heterocycles. The van der Waals surface area contributed by atoms with E-state index in [2.05, 4.69) is 31.3 Å². The fourth-order valence-electron chi connectivity index (χ4n) is 2.14. The maximum atomic E-state index is 11.9. The van der Waals surface area contributed by atoms with Crippen molar-refractivity contribution in [2.24, 2.45) is 11.8 Å². The van der Waals surface area contributed by atoms with E-state index in [1.165, 1.54) is 5.56 Å². The van der Waals surface area contributed by atoms with E-state index in [9.17, 15) is 4.79 Å². The van der Waals surface area contributed by atoms with Gasteiger partial charge in [0, 0.05) is 12.5 Å². The molecule has 1 saturated carbocycles. The molecule has 1 aromatic rings. The van der Waals surface area contributed by atoms with Gasteiger partial charge in [0.1, 0.15) is 5.75 Å². The van der Waals surface area contributed by atoms with E-state index in [4.69, 9.17) is 4.74 Å². The van der Waals surface area contributed by atoms with Crippen LogP contribution < -0.4 is 10.1 Å². The van der Waals surface area contributed by atoms with Crippen LogP contribution in [0.15, 0.2) is 24.3 Å². The van der Waals surface area contributed by atoms with E-state index in [1.54, 1.807) is 7.11 Å². The predicted molar refractivity (Wildman–Crippen MR) is 71.7 cm³/mol. The largest absolute Gasteiger partial charge is 0.497 e. The van der Waals surface area contributed by atoms with Gasteiger partial charge in [0.05, 0.1) is 7.11 Å². The lowest BCUT2D eigenvalue weighted by Crippen LogP contribution is -2.28. The molecule has 1 aliphatic carbocycles. The molecule has 3 heteroatoms. The molecule has 2 unspecified atom stereocenters. The number of benzene rings is 1. The van der Waals surface area contributed by atoms with Gasteiger partial charge in [-0.25, -0.2) is 0 Å². The van der Waals surface area contributed by atoms with Crippen LogP contribution in [0.4, 0.5) is 0 Å². The van der Waals surface area contributed by atoms with Crippen molar-refractivity contribution in [2.45, 2.75) is 26.2 Å². The Bertz CT molecular complexity index is 411. The van der Waals surface area contributed by atoms with E-state index in [1.807, 2.05) is 12.1 Å². The minimum Gasteiger partial charge on any atom is -0.497 e. The van der Waals surface area contributed by atoms with Crippen molar-refractivity contribution >= 4 is 5.91 Å². The van der Waals surface area contributed by atoms with Crippen LogP contribution in [0, 0.1) is 11.8 Å². The minimum atomic E-state index is 0.164. The van der Waals surface area contributed by atoms with E-state index >= 15 is 0 Å². The number of hydrogen-bond acceptors (Lipinski definition) is 2. The lowest BCUT2D eigenvalue weighted by molar-refractivity contribution is -0.122. The van der Waals surface area contributed by atoms with Gasteiger partial charge in [0.15, 0.2) is 0 Å². The number of rotatable bonds is 5. The Hall–Kier alpha value is -1.51. The van der Waals surface area contributed by atoms with Crippen molar-refractivity contribution in [3.05, 3.63) is 29.8 Å². The summed E-state index contributed by atoms with van der Waals surface area (Å²) in [7, 11) is 1.66. The molecule has 18 heavy (non-hydrogen) atoms. The molecular formula is C15H21NO2. The second-order valence-corrected chi connectivity index (χ2v) is 5.36. The maximum absolute atomic E-state index is 11.9. The molecule has 1 aromatic carbocycles. The van der Waals surface area contributed by atoms with Crippen LogP contribution in [0.5, 0.6) is 5.75 Å². The molecule has 0 heterocycles. The summed E-state index contributed by atoms with van der Waals surface area (Å²) in [4.78, 5) is 11.9. The smallest absolute Gasteiger partial charge is 0.223 e. The first-order valence-corrected chi connectivity index (χ1v) is 6.53. The van der Waals surface area contributed by atoms with Gasteiger partial charge in [-0.3, -0.25) is 4.79 Å². The molecule has 0 bridgehead atoms. The third-order valence-electron chi connectivity index (χ3n) is 3.36. The SMILES string of the molecule is COc1ccc(C2CC2C(=O)NCC(C)C)cc1. The minimum absolute atomic E-state index is 0.164. The molecule has 0 spiro atoms. The lowest BCUT2D eigenvalue weighted by Gasteiger charge is -2.07. The highest BCUT2D eigenvalue weighted by atomic mass is 16.5. The quantitative estimate of drug-likeness (QED) is 0.868. The Kier molecular flexibility index (Phi) is 3.90. The molecule has 1 fully saturated rings. The zero-order valence-corrected chi connectivity index (χ0v) is 11.3. The van der Waals surface area contributed by atoms with E-state index in [-0.39, 0.29) is 11.8 Å². The van der Waals surface area contributed by atoms with Crippen LogP contribution in [0.1, 0.15) is 31.7 Å². The average Bonchev–Trinajstić information content (AvgIpc) is 3.16. The standard InChI is InChI=1S/C15H21NO2/c1-10(2)9-16-15(17)14-8-13(14)11-4-6-12(18-3)7-5-11/h4-7,10,13-14H,8-9H2,1-3H3,(H,16,17). The van der Waals surface area contributed by atoms with Gasteiger partial charge in [-0.05, 0) is 36.0 Å². The fourth-order valence-corrected chi connectivity index (χ4v) is 2.14. The average molecular weight is 247 g/mol. The zero-order valence-electron chi connectivity index (χ0n) is 11.3. The fraction of sp³-hybridized carbons (Fsp3) is 0.533. The van der Waals surface area contributed by atoms with Crippen molar-refractivity contribution < 1.29 is 9.53 Å². The van der Waals surface area contributed by atoms with Crippen molar-refractivity contribution in [1.82, 2.24) is 5.32 Å². The number of ether oxygens (including phenoxy) is 1. The molecular weight excluding hydrogens is 226 g/mol. The number of methoxy groups -OCH3 is 1. The Labute approximate surface area is 109 Å². The normalized spacial score (nSPS) is 21.8. The number of carbonyl (C=O) groups excluding carboxylic acids is 1. The first-order valence-electron chi connectivity index (χ1n) is 6.53. The highest BCUT2D eigenvalue weighted by molar-refractivity contribution is 5.82. The van der Waals surface area contributed by atoms with E-state index in [0.29, 0.717) is 11.8 Å². The van der Waals surface area contributed by atoms with Gasteiger partial charge in [-0.2, -0.15) is 0 Å². The number of carbonyl (C=O) groups is 1. The summed E-state index contributed by atoms with van der Waals surface area (Å²) in [6.07, 6.45) is 0.969. The molecule has 0 saturated heterocycles. The van der Waals surface area contributed by atoms with Gasteiger partial charge in [-0.15, -0.1) is 0 Å². The molecule has 2 atom stereocenters. The lowest BCUT2D eigenvalue weighted by atomic mass is 10.1. The van der Waals surface area contributed by atoms with Crippen LogP contribution in [0.2, 0.25) is 0 Å². The Morgan fingerprint density at radius 2 is 2.06 bits per heavy atom. The van der Waals surface area contributed by atoms with Crippen molar-refractivity contribution in [3.63, 3.8) is 0 Å². The second-order valence-electron chi connectivity index (χ2n) is 5.36. The summed E-state index contributed by atoms with van der Waals surface area (Å²) in [6, 6.07) is 8.02. The highest BCUT2D eigenvalue weighted by Gasteiger charge is 2.43. The van der Waals surface area contributed by atoms with Gasteiger partial charge in [-0.1, -0.05) is 26.0 Å². The first kappa shape index (κ1) is 12.9. The predicted octanol–water partition coefficient (Wildman–Crippen LogP) is 2.57. The molecule has 1 aliphatic rings. The van der Waals surface area contributed by atoms with Gasteiger partial charge >= 0.3 is 0 Å². The van der Waals surface area contributed by atoms with E-state index in [0.717, 1.165) is 18.7 Å². The topological polar surface area (TPSA) is 38.3 Å². The molecule has 98 valence electrons. The van der Waals surface area contributed by atoms with Crippen LogP contribution in [-0.4, -0.2) is 19.6 Å². The monoisotopic (exact) mass is 247 g/mol. The van der Waals surface area contributed by atoms with Crippen LogP contribution in [0.3, 0.4) is 0 Å². The molecule has 1 amide bonds. The molecule has 1 N–H and O–H groups in total. The molecule has 0 aromatic heterocycles. The Morgan fingerprint density at radius 1 is 1.39 bits per heavy atom. The van der Waals surface area contributed by atoms with Crippen LogP contribution in [-0.2, 0) is 4.79 Å². The summed E-state index contributed by atoms with van der Waals surface area (Å²) in [6.45, 7) is 4.98. The number of nitrogens with one attached hydrogen (secondary N) is 1. The summed E-state index contributed by atoms with van der Waals surface area (Å²) < 4.78 is 5.13. The third kappa shape index (κ3) is 3.03. The summed E-state index contributed by atoms with van der Waals surface area (Å²) in [5.41, 5.74) is 1.24. The maximum Gasteiger partial charge on any atom is 0.223 e. The molecule has 2 rings (SSSR count). The third-order valence-corrected chi connectivity index (χ3v) is 3.36. The van der Waals surface area contributed by atoms with Gasteiger partial charge in [0.25, 0.3) is 0 Å². The highest BCUT2D eigenvalue weighted by Crippen LogP contribution is 2.47. The first-order chi connectivity index (χ1) is 8.61. The number of amides is 1. The Balaban J connectivity index is 1.88. The summed E-state index contributed by atoms with van der Waals surface area (Å²) >= 11 is 0. The van der Waals surface area contributed by atoms with Gasteiger partial charge < -0.3 is 10.1 Å².